The van der Waals surface area contributed by atoms with Crippen molar-refractivity contribution in [1.29, 1.82) is 10.5 Å². The number of anilines is 4. The van der Waals surface area contributed by atoms with Crippen molar-refractivity contribution in [3.8, 4) is 23.4 Å². The summed E-state index contributed by atoms with van der Waals surface area (Å²) in [6.45, 7) is 9.96. The lowest BCUT2D eigenvalue weighted by Gasteiger charge is -2.45. The highest BCUT2D eigenvalue weighted by Crippen LogP contribution is 2.45. The summed E-state index contributed by atoms with van der Waals surface area (Å²) in [5.74, 6) is 1.65. The molecule has 5 aromatic rings. The quantitative estimate of drug-likeness (QED) is 0.0741. The number of nitriles is 2. The molecule has 0 bridgehead atoms. The van der Waals surface area contributed by atoms with Gasteiger partial charge >= 0.3 is 0 Å². The van der Waals surface area contributed by atoms with E-state index in [2.05, 4.69) is 103 Å². The molecule has 1 aromatic carbocycles. The van der Waals surface area contributed by atoms with Crippen LogP contribution in [-0.2, 0) is 13.0 Å². The van der Waals surface area contributed by atoms with Gasteiger partial charge in [-0.3, -0.25) is 9.78 Å². The van der Waals surface area contributed by atoms with Crippen LogP contribution in [-0.4, -0.2) is 87.5 Å². The first-order valence-corrected chi connectivity index (χ1v) is 19.9. The summed E-state index contributed by atoms with van der Waals surface area (Å²) < 4.78 is 1.86. The third-order valence-corrected chi connectivity index (χ3v) is 11.6. The number of aromatic amines is 1. The molecular weight excluding hydrogens is 733 g/mol. The van der Waals surface area contributed by atoms with E-state index in [0.29, 0.717) is 73.6 Å². The minimum atomic E-state index is -0.590. The zero-order valence-corrected chi connectivity index (χ0v) is 33.4. The van der Waals surface area contributed by atoms with Crippen molar-refractivity contribution < 1.29 is 10.2 Å². The molecule has 0 saturated heterocycles. The summed E-state index contributed by atoms with van der Waals surface area (Å²) in [6.07, 6.45) is 12.0. The van der Waals surface area contributed by atoms with E-state index >= 15 is 0 Å². The average Bonchev–Trinajstić information content (AvgIpc) is 3.91. The molecule has 16 nitrogen and oxygen atoms in total. The monoisotopic (exact) mass is 784 g/mol. The molecule has 0 aliphatic heterocycles. The standard InChI is InChI=1S/C42H52N14O2/c1-41(2)18-31(8-9-35(41)57)51-37-29(20-43)24-48-40(53-37)46-13-15-56-14-11-34(55-56)28-7-5-6-27(16-28)33-17-32(19-42(3,4)36(33)58)52-38-30(21-44)25-47-39(54-38)45-12-10-26-22-49-50-23-26/h5-7,11,14,16,22-25,31-33,35-36,57-58H,8-10,12-13,15,17-19H2,1-4H3,(H,49,50)(H2,45,47,52,54)(H2,46,48,51,53)/t31-,32-,33?,35+,36+/m1/s1. The zero-order chi connectivity index (χ0) is 40.9. The van der Waals surface area contributed by atoms with Crippen molar-refractivity contribution in [3.05, 3.63) is 83.6 Å². The molecule has 16 heteroatoms. The molecule has 4 aromatic heterocycles. The highest BCUT2D eigenvalue weighted by molar-refractivity contribution is 5.60. The molecule has 2 aliphatic rings. The summed E-state index contributed by atoms with van der Waals surface area (Å²) in [6, 6.07) is 14.6. The van der Waals surface area contributed by atoms with Crippen LogP contribution in [0.3, 0.4) is 0 Å². The SMILES string of the molecule is CC1(C)C[C@H](Nc2nc(NCCn3ccc(-c4cccc(C5C[C@@H](Nc6nc(NCCc7cn[nH]c7)ncc6C#N)CC(C)(C)[C@H]5O)c4)n3)ncc2C#N)CC[C@@H]1O. The fraction of sp³-hybridized carbons (Fsp3) is 0.476. The van der Waals surface area contributed by atoms with E-state index in [0.717, 1.165) is 41.6 Å². The molecule has 2 fully saturated rings. The maximum atomic E-state index is 11.7. The van der Waals surface area contributed by atoms with Crippen LogP contribution in [0.5, 0.6) is 0 Å². The molecule has 5 atom stereocenters. The minimum Gasteiger partial charge on any atom is -0.393 e. The molecule has 0 amide bonds. The number of benzene rings is 1. The number of hydrogen-bond acceptors (Lipinski definition) is 14. The fourth-order valence-corrected chi connectivity index (χ4v) is 8.28. The lowest BCUT2D eigenvalue weighted by molar-refractivity contribution is -0.00889. The van der Waals surface area contributed by atoms with E-state index < -0.39 is 11.5 Å². The minimum absolute atomic E-state index is 0.0556. The largest absolute Gasteiger partial charge is 0.393 e. The highest BCUT2D eigenvalue weighted by atomic mass is 16.3. The summed E-state index contributed by atoms with van der Waals surface area (Å²) in [4.78, 5) is 18.0. The van der Waals surface area contributed by atoms with Gasteiger partial charge in [0.15, 0.2) is 0 Å². The van der Waals surface area contributed by atoms with Gasteiger partial charge in [0.2, 0.25) is 11.9 Å². The van der Waals surface area contributed by atoms with Gasteiger partial charge in [0.05, 0.1) is 43.0 Å². The van der Waals surface area contributed by atoms with Gasteiger partial charge in [0.25, 0.3) is 0 Å². The number of nitrogens with zero attached hydrogens (tertiary/aromatic N) is 9. The Morgan fingerprint density at radius 2 is 1.55 bits per heavy atom. The van der Waals surface area contributed by atoms with Crippen molar-refractivity contribution in [1.82, 2.24) is 39.9 Å². The zero-order valence-electron chi connectivity index (χ0n) is 33.4. The molecule has 1 unspecified atom stereocenters. The molecule has 58 heavy (non-hydrogen) atoms. The van der Waals surface area contributed by atoms with Gasteiger partial charge in [-0.2, -0.15) is 30.7 Å². The van der Waals surface area contributed by atoms with E-state index in [1.807, 2.05) is 35.3 Å². The van der Waals surface area contributed by atoms with Gasteiger partial charge in [-0.05, 0) is 72.6 Å². The van der Waals surface area contributed by atoms with Crippen LogP contribution < -0.4 is 21.3 Å². The van der Waals surface area contributed by atoms with E-state index in [4.69, 9.17) is 5.10 Å². The van der Waals surface area contributed by atoms with Crippen LogP contribution in [0, 0.1) is 33.5 Å². The van der Waals surface area contributed by atoms with Crippen LogP contribution in [0.2, 0.25) is 0 Å². The topological polar surface area (TPSA) is 234 Å². The van der Waals surface area contributed by atoms with Crippen LogP contribution in [0.4, 0.5) is 23.5 Å². The highest BCUT2D eigenvalue weighted by Gasteiger charge is 2.43. The van der Waals surface area contributed by atoms with Crippen LogP contribution in [0.1, 0.15) is 88.0 Å². The first kappa shape index (κ1) is 40.1. The third kappa shape index (κ3) is 9.36. The Morgan fingerprint density at radius 1 is 0.862 bits per heavy atom. The van der Waals surface area contributed by atoms with Gasteiger partial charge in [-0.1, -0.05) is 45.9 Å². The lowest BCUT2D eigenvalue weighted by Crippen LogP contribution is -2.46. The second-order valence-corrected chi connectivity index (χ2v) is 16.9. The molecule has 0 radical (unpaired) electrons. The van der Waals surface area contributed by atoms with E-state index in [9.17, 15) is 20.7 Å². The van der Waals surface area contributed by atoms with Gasteiger partial charge < -0.3 is 31.5 Å². The maximum absolute atomic E-state index is 11.7. The lowest BCUT2D eigenvalue weighted by atomic mass is 9.65. The molecule has 2 aliphatic carbocycles. The summed E-state index contributed by atoms with van der Waals surface area (Å²) in [5, 5.41) is 66.8. The van der Waals surface area contributed by atoms with Crippen molar-refractivity contribution in [3.63, 3.8) is 0 Å². The summed E-state index contributed by atoms with van der Waals surface area (Å²) >= 11 is 0. The van der Waals surface area contributed by atoms with Crippen molar-refractivity contribution in [2.75, 3.05) is 34.4 Å². The van der Waals surface area contributed by atoms with Gasteiger partial charge in [0, 0.05) is 49.0 Å². The predicted molar refractivity (Wildman–Crippen MR) is 221 cm³/mol. The van der Waals surface area contributed by atoms with E-state index in [-0.39, 0.29) is 29.5 Å². The molecule has 302 valence electrons. The fourth-order valence-electron chi connectivity index (χ4n) is 8.28. The Kier molecular flexibility index (Phi) is 11.9. The predicted octanol–water partition coefficient (Wildman–Crippen LogP) is 5.46. The number of rotatable bonds is 14. The Balaban J connectivity index is 0.982. The summed E-state index contributed by atoms with van der Waals surface area (Å²) in [7, 11) is 0. The van der Waals surface area contributed by atoms with Crippen LogP contribution in [0.25, 0.3) is 11.3 Å². The molecular formula is C42H52N14O2. The number of aliphatic hydroxyl groups is 2. The normalized spacial score (nSPS) is 22.3. The van der Waals surface area contributed by atoms with E-state index in [1.54, 1.807) is 6.20 Å². The maximum Gasteiger partial charge on any atom is 0.224 e. The molecule has 7 N–H and O–H groups in total. The Hall–Kier alpha value is -6.10. The van der Waals surface area contributed by atoms with Crippen LogP contribution in [0.15, 0.2) is 61.3 Å². The van der Waals surface area contributed by atoms with E-state index in [1.165, 1.54) is 12.4 Å². The molecule has 2 saturated carbocycles. The molecule has 0 spiro atoms. The Labute approximate surface area is 338 Å². The van der Waals surface area contributed by atoms with Crippen LogP contribution >= 0.6 is 0 Å². The average molecular weight is 785 g/mol. The smallest absolute Gasteiger partial charge is 0.224 e. The number of aromatic nitrogens is 8. The van der Waals surface area contributed by atoms with Crippen molar-refractivity contribution >= 4 is 23.5 Å². The van der Waals surface area contributed by atoms with Gasteiger partial charge in [-0.25, -0.2) is 9.97 Å². The first-order chi connectivity index (χ1) is 27.9. The van der Waals surface area contributed by atoms with Gasteiger partial charge in [-0.15, -0.1) is 0 Å². The number of aliphatic hydroxyl groups excluding tert-OH is 2. The number of H-pyrrole nitrogens is 1. The second-order valence-electron chi connectivity index (χ2n) is 16.9. The van der Waals surface area contributed by atoms with Gasteiger partial charge in [0.1, 0.15) is 34.9 Å². The van der Waals surface area contributed by atoms with Crippen molar-refractivity contribution in [2.45, 2.75) is 103 Å². The first-order valence-electron chi connectivity index (χ1n) is 19.9. The van der Waals surface area contributed by atoms with Crippen molar-refractivity contribution in [2.24, 2.45) is 10.8 Å². The number of nitrogens with one attached hydrogen (secondary N) is 5. The summed E-state index contributed by atoms with van der Waals surface area (Å²) in [5.41, 5.74) is 3.95. The number of hydrogen-bond donors (Lipinski definition) is 7. The second kappa shape index (κ2) is 17.2. The molecule has 7 rings (SSSR count). The Morgan fingerprint density at radius 3 is 2.22 bits per heavy atom. The third-order valence-electron chi connectivity index (χ3n) is 11.6. The molecule has 4 heterocycles. The Bertz CT molecular complexity index is 2260.